The van der Waals surface area contributed by atoms with E-state index in [9.17, 15) is 4.39 Å². The van der Waals surface area contributed by atoms with Gasteiger partial charge in [0.15, 0.2) is 0 Å². The molecule has 28 heavy (non-hydrogen) atoms. The Kier molecular flexibility index (Phi) is 4.43. The minimum absolute atomic E-state index is 0.0524. The van der Waals surface area contributed by atoms with E-state index in [4.69, 9.17) is 4.74 Å². The zero-order valence-electron chi connectivity index (χ0n) is 15.4. The lowest BCUT2D eigenvalue weighted by atomic mass is 10.1. The number of halogens is 1. The van der Waals surface area contributed by atoms with E-state index in [1.54, 1.807) is 18.3 Å². The largest absolute Gasteiger partial charge is 0.378 e. The summed E-state index contributed by atoms with van der Waals surface area (Å²) in [6.45, 7) is 2.98. The van der Waals surface area contributed by atoms with Crippen molar-refractivity contribution in [2.24, 2.45) is 0 Å². The summed E-state index contributed by atoms with van der Waals surface area (Å²) in [6, 6.07) is 14.8. The van der Waals surface area contributed by atoms with Crippen molar-refractivity contribution in [2.45, 2.75) is 12.6 Å². The number of aromatic amines is 2. The molecule has 0 radical (unpaired) electrons. The number of benzene rings is 2. The molecule has 1 unspecified atom stereocenters. The van der Waals surface area contributed by atoms with Crippen LogP contribution in [-0.2, 0) is 11.3 Å². The summed E-state index contributed by atoms with van der Waals surface area (Å²) >= 11 is 0. The average Bonchev–Trinajstić information content (AvgIpc) is 3.37. The number of morpholine rings is 1. The fraction of sp³-hybridized carbons (Fsp3) is 0.227. The van der Waals surface area contributed by atoms with E-state index in [0.717, 1.165) is 35.7 Å². The number of rotatable bonds is 4. The summed E-state index contributed by atoms with van der Waals surface area (Å²) in [6.07, 6.45) is 3.89. The third-order valence-electron chi connectivity index (χ3n) is 5.35. The Morgan fingerprint density at radius 1 is 1.14 bits per heavy atom. The molecule has 5 rings (SSSR count). The van der Waals surface area contributed by atoms with Gasteiger partial charge in [-0.3, -0.25) is 4.90 Å². The number of fused-ring (bicyclic) bond motifs is 1. The third kappa shape index (κ3) is 3.21. The second-order valence-corrected chi connectivity index (χ2v) is 7.11. The van der Waals surface area contributed by atoms with Gasteiger partial charge in [0.2, 0.25) is 0 Å². The van der Waals surface area contributed by atoms with Gasteiger partial charge in [-0.15, -0.1) is 0 Å². The molecule has 1 atom stereocenters. The van der Waals surface area contributed by atoms with Crippen LogP contribution in [0.15, 0.2) is 60.9 Å². The third-order valence-corrected chi connectivity index (χ3v) is 5.35. The predicted molar refractivity (Wildman–Crippen MR) is 106 cm³/mol. The van der Waals surface area contributed by atoms with Crippen molar-refractivity contribution in [3.8, 4) is 11.3 Å². The lowest BCUT2D eigenvalue weighted by Crippen LogP contribution is -2.39. The van der Waals surface area contributed by atoms with Crippen LogP contribution in [0.2, 0.25) is 0 Å². The highest BCUT2D eigenvalue weighted by Gasteiger charge is 2.27. The van der Waals surface area contributed by atoms with Gasteiger partial charge in [0.1, 0.15) is 11.6 Å². The molecule has 6 heteroatoms. The number of nitrogens with zero attached hydrogens (tertiary/aromatic N) is 2. The molecular weight excluding hydrogens is 355 g/mol. The number of hydrogen-bond acceptors (Lipinski definition) is 3. The van der Waals surface area contributed by atoms with Gasteiger partial charge in [0, 0.05) is 30.2 Å². The first-order valence-corrected chi connectivity index (χ1v) is 9.45. The molecule has 2 aromatic carbocycles. The Balaban J connectivity index is 1.41. The van der Waals surface area contributed by atoms with Gasteiger partial charge in [0.05, 0.1) is 31.1 Å². The van der Waals surface area contributed by atoms with Gasteiger partial charge in [-0.2, -0.15) is 0 Å². The van der Waals surface area contributed by atoms with Crippen LogP contribution in [0.25, 0.3) is 22.2 Å². The van der Waals surface area contributed by atoms with E-state index in [1.165, 1.54) is 23.1 Å². The first-order chi connectivity index (χ1) is 13.8. The molecule has 3 heterocycles. The zero-order chi connectivity index (χ0) is 18.9. The summed E-state index contributed by atoms with van der Waals surface area (Å²) in [4.78, 5) is 13.7. The standard InChI is InChI=1S/C22H21FN4O/c23-17-7-5-15(6-8-17)20-12-25-22(26-20)21-14-28-10-9-27(21)13-16-11-24-19-4-2-1-3-18(16)19/h1-8,11-12,21,24H,9-10,13-14H2,(H,25,26). The van der Waals surface area contributed by atoms with Gasteiger partial charge in [-0.1, -0.05) is 18.2 Å². The normalized spacial score (nSPS) is 18.0. The van der Waals surface area contributed by atoms with Crippen LogP contribution in [0.1, 0.15) is 17.4 Å². The topological polar surface area (TPSA) is 56.9 Å². The highest BCUT2D eigenvalue weighted by atomic mass is 19.1. The molecule has 0 spiro atoms. The van der Waals surface area contributed by atoms with E-state index < -0.39 is 0 Å². The molecular formula is C22H21FN4O. The molecule has 1 aliphatic heterocycles. The minimum atomic E-state index is -0.242. The molecule has 2 aromatic heterocycles. The molecule has 1 saturated heterocycles. The number of H-pyrrole nitrogens is 2. The number of para-hydroxylation sites is 1. The summed E-state index contributed by atoms with van der Waals surface area (Å²) < 4.78 is 18.9. The maximum absolute atomic E-state index is 13.2. The zero-order valence-corrected chi connectivity index (χ0v) is 15.4. The predicted octanol–water partition coefficient (Wildman–Crippen LogP) is 4.27. The molecule has 1 fully saturated rings. The van der Waals surface area contributed by atoms with Gasteiger partial charge in [-0.25, -0.2) is 9.37 Å². The van der Waals surface area contributed by atoms with Gasteiger partial charge in [-0.05, 0) is 41.5 Å². The summed E-state index contributed by atoms with van der Waals surface area (Å²) in [5.41, 5.74) is 4.22. The van der Waals surface area contributed by atoms with Gasteiger partial charge >= 0.3 is 0 Å². The van der Waals surface area contributed by atoms with Crippen molar-refractivity contribution in [3.63, 3.8) is 0 Å². The Bertz CT molecular complexity index is 1090. The van der Waals surface area contributed by atoms with Crippen LogP contribution in [0, 0.1) is 5.82 Å². The van der Waals surface area contributed by atoms with Crippen molar-refractivity contribution < 1.29 is 9.13 Å². The number of aromatic nitrogens is 3. The first kappa shape index (κ1) is 17.2. The number of imidazole rings is 1. The van der Waals surface area contributed by atoms with Crippen molar-refractivity contribution in [1.82, 2.24) is 19.9 Å². The SMILES string of the molecule is Fc1ccc(-c2cnc(C3COCCN3Cc3c[nH]c4ccccc34)[nH]2)cc1. The van der Waals surface area contributed by atoms with E-state index in [2.05, 4.69) is 44.2 Å². The highest BCUT2D eigenvalue weighted by molar-refractivity contribution is 5.82. The number of nitrogens with one attached hydrogen (secondary N) is 2. The molecule has 142 valence electrons. The molecule has 4 aromatic rings. The van der Waals surface area contributed by atoms with Crippen molar-refractivity contribution in [1.29, 1.82) is 0 Å². The summed E-state index contributed by atoms with van der Waals surface area (Å²) in [5.74, 6) is 0.632. The molecule has 0 aliphatic carbocycles. The molecule has 2 N–H and O–H groups in total. The second-order valence-electron chi connectivity index (χ2n) is 7.11. The second kappa shape index (κ2) is 7.22. The van der Waals surface area contributed by atoms with Crippen LogP contribution in [0.3, 0.4) is 0 Å². The Hall–Kier alpha value is -2.96. The molecule has 0 saturated carbocycles. The van der Waals surface area contributed by atoms with Crippen molar-refractivity contribution in [3.05, 3.63) is 78.1 Å². The minimum Gasteiger partial charge on any atom is -0.378 e. The Morgan fingerprint density at radius 2 is 2.00 bits per heavy atom. The molecule has 0 bridgehead atoms. The summed E-state index contributed by atoms with van der Waals surface area (Å²) in [5, 5.41) is 1.25. The maximum Gasteiger partial charge on any atom is 0.126 e. The van der Waals surface area contributed by atoms with Crippen molar-refractivity contribution >= 4 is 10.9 Å². The lowest BCUT2D eigenvalue weighted by Gasteiger charge is -2.34. The maximum atomic E-state index is 13.2. The van der Waals surface area contributed by atoms with Crippen molar-refractivity contribution in [2.75, 3.05) is 19.8 Å². The van der Waals surface area contributed by atoms with Crippen LogP contribution in [0.5, 0.6) is 0 Å². The van der Waals surface area contributed by atoms with Gasteiger partial charge < -0.3 is 14.7 Å². The smallest absolute Gasteiger partial charge is 0.126 e. The van der Waals surface area contributed by atoms with Crippen LogP contribution in [-0.4, -0.2) is 39.6 Å². The van der Waals surface area contributed by atoms with Crippen LogP contribution in [0.4, 0.5) is 4.39 Å². The number of hydrogen-bond donors (Lipinski definition) is 2. The van der Waals surface area contributed by atoms with E-state index in [1.807, 2.05) is 6.07 Å². The first-order valence-electron chi connectivity index (χ1n) is 9.45. The molecule has 1 aliphatic rings. The number of ether oxygens (including phenoxy) is 1. The highest BCUT2D eigenvalue weighted by Crippen LogP contribution is 2.28. The monoisotopic (exact) mass is 376 g/mol. The quantitative estimate of drug-likeness (QED) is 0.559. The van der Waals surface area contributed by atoms with E-state index >= 15 is 0 Å². The van der Waals surface area contributed by atoms with E-state index in [-0.39, 0.29) is 11.9 Å². The fourth-order valence-electron chi connectivity index (χ4n) is 3.84. The fourth-order valence-corrected chi connectivity index (χ4v) is 3.84. The van der Waals surface area contributed by atoms with Crippen LogP contribution >= 0.6 is 0 Å². The van der Waals surface area contributed by atoms with E-state index in [0.29, 0.717) is 13.2 Å². The summed E-state index contributed by atoms with van der Waals surface area (Å²) in [7, 11) is 0. The average molecular weight is 376 g/mol. The van der Waals surface area contributed by atoms with Gasteiger partial charge in [0.25, 0.3) is 0 Å². The Labute approximate surface area is 162 Å². The molecule has 0 amide bonds. The van der Waals surface area contributed by atoms with Crippen LogP contribution < -0.4 is 0 Å². The lowest BCUT2D eigenvalue weighted by molar-refractivity contribution is -0.0154. The Morgan fingerprint density at radius 3 is 2.89 bits per heavy atom. The molecule has 5 nitrogen and oxygen atoms in total.